The third-order valence-electron chi connectivity index (χ3n) is 5.32. The summed E-state index contributed by atoms with van der Waals surface area (Å²) >= 11 is 0. The highest BCUT2D eigenvalue weighted by atomic mass is 16.5. The number of nitrogen functional groups attached to an aromatic ring is 1. The van der Waals surface area contributed by atoms with Gasteiger partial charge in [0.25, 0.3) is 0 Å². The second-order valence-corrected chi connectivity index (χ2v) is 7.57. The van der Waals surface area contributed by atoms with E-state index in [1.54, 1.807) is 0 Å². The summed E-state index contributed by atoms with van der Waals surface area (Å²) in [4.78, 5) is 11.3. The van der Waals surface area contributed by atoms with E-state index in [9.17, 15) is 4.79 Å². The van der Waals surface area contributed by atoms with E-state index in [-0.39, 0.29) is 5.97 Å². The van der Waals surface area contributed by atoms with Crippen LogP contribution in [0.2, 0.25) is 0 Å². The van der Waals surface area contributed by atoms with E-state index in [2.05, 4.69) is 43.0 Å². The maximum absolute atomic E-state index is 11.3. The van der Waals surface area contributed by atoms with E-state index in [0.717, 1.165) is 22.9 Å². The van der Waals surface area contributed by atoms with Crippen LogP contribution in [-0.4, -0.2) is 19.1 Å². The van der Waals surface area contributed by atoms with Crippen LogP contribution in [0.1, 0.15) is 52.0 Å². The number of aryl methyl sites for hydroxylation is 1. The van der Waals surface area contributed by atoms with E-state index in [0.29, 0.717) is 30.7 Å². The number of carbonyl (C=O) groups is 1. The Labute approximate surface area is 146 Å². The van der Waals surface area contributed by atoms with Gasteiger partial charge in [-0.1, -0.05) is 33.3 Å². The summed E-state index contributed by atoms with van der Waals surface area (Å²) < 4.78 is 4.69. The lowest BCUT2D eigenvalue weighted by Crippen LogP contribution is -2.38. The minimum Gasteiger partial charge on any atom is -0.469 e. The minimum atomic E-state index is -0.188. The van der Waals surface area contributed by atoms with Crippen LogP contribution in [0.15, 0.2) is 18.2 Å². The van der Waals surface area contributed by atoms with Crippen molar-refractivity contribution in [3.05, 3.63) is 23.8 Å². The van der Waals surface area contributed by atoms with Crippen LogP contribution in [0, 0.1) is 17.8 Å². The molecule has 2 rings (SSSR count). The van der Waals surface area contributed by atoms with Gasteiger partial charge < -0.3 is 15.8 Å². The van der Waals surface area contributed by atoms with Crippen molar-refractivity contribution in [2.24, 2.45) is 17.8 Å². The van der Waals surface area contributed by atoms with Crippen LogP contribution >= 0.6 is 0 Å². The quantitative estimate of drug-likeness (QED) is 0.604. The average Bonchev–Trinajstić information content (AvgIpc) is 2.54. The summed E-state index contributed by atoms with van der Waals surface area (Å²) in [6.07, 6.45) is 4.85. The lowest BCUT2D eigenvalue weighted by molar-refractivity contribution is -0.140. The number of nitrogens with one attached hydrogen (secondary N) is 1. The molecule has 1 aliphatic rings. The van der Waals surface area contributed by atoms with Gasteiger partial charge in [0.2, 0.25) is 0 Å². The van der Waals surface area contributed by atoms with Gasteiger partial charge in [-0.25, -0.2) is 0 Å². The summed E-state index contributed by atoms with van der Waals surface area (Å²) in [6, 6.07) is 6.57. The molecule has 0 unspecified atom stereocenters. The number of hydrogen-bond acceptors (Lipinski definition) is 4. The highest BCUT2D eigenvalue weighted by Crippen LogP contribution is 2.36. The molecule has 1 aromatic carbocycles. The molecule has 1 aliphatic carbocycles. The smallest absolute Gasteiger partial charge is 0.305 e. The minimum absolute atomic E-state index is 0.188. The molecule has 134 valence electrons. The lowest BCUT2D eigenvalue weighted by Gasteiger charge is -2.38. The van der Waals surface area contributed by atoms with E-state index < -0.39 is 0 Å². The molecule has 0 spiro atoms. The van der Waals surface area contributed by atoms with Gasteiger partial charge in [0.1, 0.15) is 0 Å². The highest BCUT2D eigenvalue weighted by molar-refractivity contribution is 5.70. The van der Waals surface area contributed by atoms with Crippen LogP contribution < -0.4 is 11.1 Å². The molecule has 0 amide bonds. The summed E-state index contributed by atoms with van der Waals surface area (Å²) in [5.74, 6) is 1.94. The summed E-state index contributed by atoms with van der Waals surface area (Å²) in [6.45, 7) is 6.97. The normalized spacial score (nSPS) is 24.0. The van der Waals surface area contributed by atoms with Crippen molar-refractivity contribution in [1.29, 1.82) is 0 Å². The Morgan fingerprint density at radius 2 is 2.12 bits per heavy atom. The zero-order valence-corrected chi connectivity index (χ0v) is 15.5. The number of ether oxygens (including phenoxy) is 1. The van der Waals surface area contributed by atoms with E-state index in [1.807, 2.05) is 6.07 Å². The number of nitrogens with two attached hydrogens (primary N) is 1. The molecule has 24 heavy (non-hydrogen) atoms. The highest BCUT2D eigenvalue weighted by Gasteiger charge is 2.30. The Morgan fingerprint density at radius 1 is 1.38 bits per heavy atom. The number of rotatable bonds is 6. The predicted molar refractivity (Wildman–Crippen MR) is 99.9 cm³/mol. The number of methoxy groups -OCH3 is 1. The Kier molecular flexibility index (Phi) is 6.52. The van der Waals surface area contributed by atoms with Gasteiger partial charge in [-0.15, -0.1) is 0 Å². The Hall–Kier alpha value is -1.71. The topological polar surface area (TPSA) is 64.3 Å². The lowest BCUT2D eigenvalue weighted by atomic mass is 9.74. The van der Waals surface area contributed by atoms with E-state index in [4.69, 9.17) is 5.73 Å². The largest absolute Gasteiger partial charge is 0.469 e. The molecule has 0 aliphatic heterocycles. The first-order chi connectivity index (χ1) is 11.4. The molecule has 4 heteroatoms. The maximum Gasteiger partial charge on any atom is 0.305 e. The fraction of sp³-hybridized carbons (Fsp3) is 0.650. The Bertz CT molecular complexity index is 557. The molecule has 0 radical (unpaired) electrons. The molecule has 0 aromatic heterocycles. The van der Waals surface area contributed by atoms with Gasteiger partial charge in [0, 0.05) is 12.5 Å². The first kappa shape index (κ1) is 18.6. The van der Waals surface area contributed by atoms with Crippen molar-refractivity contribution in [2.75, 3.05) is 18.2 Å². The van der Waals surface area contributed by atoms with Crippen molar-refractivity contribution >= 4 is 17.3 Å². The fourth-order valence-corrected chi connectivity index (χ4v) is 3.82. The number of esters is 1. The third-order valence-corrected chi connectivity index (χ3v) is 5.32. The molecule has 1 fully saturated rings. The first-order valence-electron chi connectivity index (χ1n) is 9.12. The Balaban J connectivity index is 2.04. The van der Waals surface area contributed by atoms with Crippen molar-refractivity contribution in [2.45, 2.75) is 58.9 Å². The number of benzene rings is 1. The third kappa shape index (κ3) is 4.89. The van der Waals surface area contributed by atoms with Crippen molar-refractivity contribution < 1.29 is 9.53 Å². The molecule has 3 N–H and O–H groups in total. The number of anilines is 2. The molecular weight excluding hydrogens is 300 g/mol. The zero-order valence-electron chi connectivity index (χ0n) is 15.5. The second kappa shape index (κ2) is 8.41. The zero-order chi connectivity index (χ0) is 17.7. The van der Waals surface area contributed by atoms with Gasteiger partial charge in [-0.2, -0.15) is 0 Å². The number of hydrogen-bond donors (Lipinski definition) is 2. The first-order valence-corrected chi connectivity index (χ1v) is 9.12. The van der Waals surface area contributed by atoms with Gasteiger partial charge in [-0.3, -0.25) is 4.79 Å². The van der Waals surface area contributed by atoms with Crippen LogP contribution in [0.3, 0.4) is 0 Å². The molecule has 1 aromatic rings. The maximum atomic E-state index is 11.3. The monoisotopic (exact) mass is 332 g/mol. The predicted octanol–water partition coefficient (Wildman–Crippen LogP) is 4.25. The molecule has 4 nitrogen and oxygen atoms in total. The standard InChI is InChI=1S/C20H32N2O2/c1-13(2)16-8-5-14(3)11-19(16)22-18-9-6-15(12-17(18)21)7-10-20(23)24-4/h6,9,12-14,16,19,22H,5,7-8,10-11,21H2,1-4H3/t14-,16+,19-/m1/s1. The molecule has 1 saturated carbocycles. The molecule has 0 bridgehead atoms. The van der Waals surface area contributed by atoms with Crippen molar-refractivity contribution in [3.63, 3.8) is 0 Å². The number of carbonyl (C=O) groups excluding carboxylic acids is 1. The Morgan fingerprint density at radius 3 is 2.75 bits per heavy atom. The molecule has 3 atom stereocenters. The average molecular weight is 332 g/mol. The van der Waals surface area contributed by atoms with Crippen LogP contribution in [0.25, 0.3) is 0 Å². The summed E-state index contributed by atoms with van der Waals surface area (Å²) in [7, 11) is 1.42. The van der Waals surface area contributed by atoms with Crippen LogP contribution in [0.5, 0.6) is 0 Å². The van der Waals surface area contributed by atoms with Gasteiger partial charge >= 0.3 is 5.97 Å². The van der Waals surface area contributed by atoms with Gasteiger partial charge in [-0.05, 0) is 54.7 Å². The van der Waals surface area contributed by atoms with E-state index >= 15 is 0 Å². The second-order valence-electron chi connectivity index (χ2n) is 7.57. The van der Waals surface area contributed by atoms with Crippen molar-refractivity contribution in [1.82, 2.24) is 0 Å². The van der Waals surface area contributed by atoms with Gasteiger partial charge in [0.05, 0.1) is 18.5 Å². The molecule has 0 saturated heterocycles. The summed E-state index contributed by atoms with van der Waals surface area (Å²) in [5.41, 5.74) is 9.10. The molecule has 0 heterocycles. The van der Waals surface area contributed by atoms with Gasteiger partial charge in [0.15, 0.2) is 0 Å². The van der Waals surface area contributed by atoms with Crippen LogP contribution in [0.4, 0.5) is 11.4 Å². The fourth-order valence-electron chi connectivity index (χ4n) is 3.82. The SMILES string of the molecule is COC(=O)CCc1ccc(N[C@@H]2C[C@H](C)CC[C@H]2C(C)C)c(N)c1. The summed E-state index contributed by atoms with van der Waals surface area (Å²) in [5, 5.41) is 3.70. The van der Waals surface area contributed by atoms with Crippen molar-refractivity contribution in [3.8, 4) is 0 Å². The molecular formula is C20H32N2O2. The van der Waals surface area contributed by atoms with Crippen LogP contribution in [-0.2, 0) is 16.0 Å². The van der Waals surface area contributed by atoms with E-state index in [1.165, 1.54) is 26.4 Å².